The van der Waals surface area contributed by atoms with Crippen LogP contribution >= 0.6 is 15.9 Å². The van der Waals surface area contributed by atoms with Crippen molar-refractivity contribution in [2.75, 3.05) is 0 Å². The molecule has 20 heavy (non-hydrogen) atoms. The number of nitrogens with zero attached hydrogens (tertiary/aromatic N) is 1. The van der Waals surface area contributed by atoms with E-state index in [0.717, 1.165) is 11.1 Å². The number of aromatic nitrogens is 1. The van der Waals surface area contributed by atoms with E-state index in [1.165, 1.54) is 0 Å². The smallest absolute Gasteiger partial charge is 0.241 e. The SMILES string of the molecule is CC(NS(=O)(=O)c1ccc(CBr)cc1)c1cccnc1. The summed E-state index contributed by atoms with van der Waals surface area (Å²) in [6.45, 7) is 1.79. The third kappa shape index (κ3) is 3.65. The van der Waals surface area contributed by atoms with E-state index >= 15 is 0 Å². The molecule has 0 aliphatic heterocycles. The van der Waals surface area contributed by atoms with Crippen molar-refractivity contribution in [1.82, 2.24) is 9.71 Å². The van der Waals surface area contributed by atoms with Crippen LogP contribution in [0.25, 0.3) is 0 Å². The summed E-state index contributed by atoms with van der Waals surface area (Å²) < 4.78 is 27.2. The molecule has 1 N–H and O–H groups in total. The van der Waals surface area contributed by atoms with E-state index < -0.39 is 10.0 Å². The Labute approximate surface area is 127 Å². The summed E-state index contributed by atoms with van der Waals surface area (Å²) in [4.78, 5) is 4.25. The zero-order valence-corrected chi connectivity index (χ0v) is 13.4. The minimum atomic E-state index is -3.53. The van der Waals surface area contributed by atoms with Crippen molar-refractivity contribution in [2.45, 2.75) is 23.2 Å². The Morgan fingerprint density at radius 1 is 1.25 bits per heavy atom. The summed E-state index contributed by atoms with van der Waals surface area (Å²) in [7, 11) is -3.53. The van der Waals surface area contributed by atoms with Crippen molar-refractivity contribution in [3.05, 3.63) is 59.9 Å². The number of nitrogens with one attached hydrogen (secondary N) is 1. The topological polar surface area (TPSA) is 59.1 Å². The average Bonchev–Trinajstić information content (AvgIpc) is 2.48. The van der Waals surface area contributed by atoms with Gasteiger partial charge in [0.2, 0.25) is 10.0 Å². The number of hydrogen-bond acceptors (Lipinski definition) is 3. The largest absolute Gasteiger partial charge is 0.264 e. The maximum absolute atomic E-state index is 12.3. The van der Waals surface area contributed by atoms with Crippen LogP contribution in [0.1, 0.15) is 24.1 Å². The number of sulfonamides is 1. The van der Waals surface area contributed by atoms with Gasteiger partial charge in [0.05, 0.1) is 4.90 Å². The minimum absolute atomic E-state index is 0.262. The van der Waals surface area contributed by atoms with Crippen LogP contribution in [0.15, 0.2) is 53.7 Å². The average molecular weight is 355 g/mol. The van der Waals surface area contributed by atoms with Gasteiger partial charge in [0, 0.05) is 23.8 Å². The summed E-state index contributed by atoms with van der Waals surface area (Å²) in [5.41, 5.74) is 1.86. The zero-order valence-electron chi connectivity index (χ0n) is 11.0. The summed E-state index contributed by atoms with van der Waals surface area (Å²) in [6, 6.07) is 10.1. The molecule has 6 heteroatoms. The van der Waals surface area contributed by atoms with Crippen molar-refractivity contribution < 1.29 is 8.42 Å². The Balaban J connectivity index is 2.18. The third-order valence-corrected chi connectivity index (χ3v) is 5.11. The quantitative estimate of drug-likeness (QED) is 0.839. The fraction of sp³-hybridized carbons (Fsp3) is 0.214. The molecule has 0 spiro atoms. The molecule has 1 aromatic heterocycles. The highest BCUT2D eigenvalue weighted by Crippen LogP contribution is 2.17. The van der Waals surface area contributed by atoms with Gasteiger partial charge in [-0.05, 0) is 36.2 Å². The first-order valence-corrected chi connectivity index (χ1v) is 8.70. The van der Waals surface area contributed by atoms with Crippen LogP contribution in [0.2, 0.25) is 0 Å². The highest BCUT2D eigenvalue weighted by Gasteiger charge is 2.18. The molecule has 1 atom stereocenters. The monoisotopic (exact) mass is 354 g/mol. The van der Waals surface area contributed by atoms with Gasteiger partial charge in [-0.25, -0.2) is 13.1 Å². The van der Waals surface area contributed by atoms with Gasteiger partial charge < -0.3 is 0 Å². The summed E-state index contributed by atoms with van der Waals surface area (Å²) in [6.07, 6.45) is 3.31. The van der Waals surface area contributed by atoms with Crippen LogP contribution in [-0.2, 0) is 15.4 Å². The van der Waals surface area contributed by atoms with Gasteiger partial charge in [-0.2, -0.15) is 0 Å². The molecule has 1 heterocycles. The maximum Gasteiger partial charge on any atom is 0.241 e. The second kappa shape index (κ2) is 6.47. The van der Waals surface area contributed by atoms with Gasteiger partial charge in [0.15, 0.2) is 0 Å². The van der Waals surface area contributed by atoms with Gasteiger partial charge in [-0.3, -0.25) is 4.98 Å². The molecule has 1 unspecified atom stereocenters. The maximum atomic E-state index is 12.3. The fourth-order valence-corrected chi connectivity index (χ4v) is 3.36. The number of halogens is 1. The predicted octanol–water partition coefficient (Wildman–Crippen LogP) is 3.02. The lowest BCUT2D eigenvalue weighted by Crippen LogP contribution is -2.26. The molecule has 0 radical (unpaired) electrons. The summed E-state index contributed by atoms with van der Waals surface area (Å²) >= 11 is 3.33. The highest BCUT2D eigenvalue weighted by atomic mass is 79.9. The molecule has 0 saturated heterocycles. The van der Waals surface area contributed by atoms with E-state index in [1.54, 1.807) is 49.6 Å². The predicted molar refractivity (Wildman–Crippen MR) is 82.0 cm³/mol. The molecule has 4 nitrogen and oxygen atoms in total. The van der Waals surface area contributed by atoms with Gasteiger partial charge in [0.25, 0.3) is 0 Å². The standard InChI is InChI=1S/C14H15BrN2O2S/c1-11(13-3-2-8-16-10-13)17-20(18,19)14-6-4-12(9-15)5-7-14/h2-8,10-11,17H,9H2,1H3. The lowest BCUT2D eigenvalue weighted by Gasteiger charge is -2.14. The van der Waals surface area contributed by atoms with E-state index in [9.17, 15) is 8.42 Å². The lowest BCUT2D eigenvalue weighted by molar-refractivity contribution is 0.566. The number of alkyl halides is 1. The molecule has 0 fully saturated rings. The number of hydrogen-bond donors (Lipinski definition) is 1. The van der Waals surface area contributed by atoms with E-state index in [4.69, 9.17) is 0 Å². The second-order valence-corrected chi connectivity index (χ2v) is 6.68. The van der Waals surface area contributed by atoms with Gasteiger partial charge >= 0.3 is 0 Å². The molecular formula is C14H15BrN2O2S. The van der Waals surface area contributed by atoms with Crippen molar-refractivity contribution in [3.63, 3.8) is 0 Å². The summed E-state index contributed by atoms with van der Waals surface area (Å²) in [5.74, 6) is 0. The molecular weight excluding hydrogens is 340 g/mol. The molecule has 1 aromatic carbocycles. The molecule has 0 amide bonds. The molecule has 2 rings (SSSR count). The van der Waals surface area contributed by atoms with Crippen LogP contribution < -0.4 is 4.72 Å². The first-order valence-electron chi connectivity index (χ1n) is 6.10. The van der Waals surface area contributed by atoms with Crippen molar-refractivity contribution in [2.24, 2.45) is 0 Å². The molecule has 0 aliphatic rings. The minimum Gasteiger partial charge on any atom is -0.264 e. The molecule has 106 valence electrons. The normalized spacial score (nSPS) is 13.1. The van der Waals surface area contributed by atoms with Crippen molar-refractivity contribution >= 4 is 26.0 Å². The van der Waals surface area contributed by atoms with Gasteiger partial charge in [-0.15, -0.1) is 0 Å². The first-order chi connectivity index (χ1) is 9.53. The lowest BCUT2D eigenvalue weighted by atomic mass is 10.2. The van der Waals surface area contributed by atoms with Crippen molar-refractivity contribution in [1.29, 1.82) is 0 Å². The van der Waals surface area contributed by atoms with Gasteiger partial charge in [0.1, 0.15) is 0 Å². The molecule has 0 saturated carbocycles. The number of pyridine rings is 1. The Hall–Kier alpha value is -1.24. The van der Waals surface area contributed by atoms with Crippen LogP contribution in [0.4, 0.5) is 0 Å². The Bertz CT molecular complexity index is 657. The molecule has 0 aliphatic carbocycles. The van der Waals surface area contributed by atoms with Crippen LogP contribution in [0.3, 0.4) is 0 Å². The van der Waals surface area contributed by atoms with E-state index in [2.05, 4.69) is 25.6 Å². The van der Waals surface area contributed by atoms with E-state index in [0.29, 0.717) is 5.33 Å². The third-order valence-electron chi connectivity index (χ3n) is 2.90. The Kier molecular flexibility index (Phi) is 4.91. The molecule has 2 aromatic rings. The highest BCUT2D eigenvalue weighted by molar-refractivity contribution is 9.08. The molecule has 0 bridgehead atoms. The van der Waals surface area contributed by atoms with Crippen LogP contribution in [0, 0.1) is 0 Å². The van der Waals surface area contributed by atoms with Crippen LogP contribution in [0.5, 0.6) is 0 Å². The Morgan fingerprint density at radius 3 is 2.50 bits per heavy atom. The van der Waals surface area contributed by atoms with Gasteiger partial charge in [-0.1, -0.05) is 34.1 Å². The summed E-state index contributed by atoms with van der Waals surface area (Å²) in [5, 5.41) is 0.701. The fourth-order valence-electron chi connectivity index (χ4n) is 1.76. The zero-order chi connectivity index (χ0) is 14.6. The first kappa shape index (κ1) is 15.2. The number of rotatable bonds is 5. The van der Waals surface area contributed by atoms with Crippen molar-refractivity contribution in [3.8, 4) is 0 Å². The second-order valence-electron chi connectivity index (χ2n) is 4.41. The number of benzene rings is 1. The van der Waals surface area contributed by atoms with E-state index in [1.807, 2.05) is 6.07 Å². The Morgan fingerprint density at radius 2 is 1.95 bits per heavy atom. The van der Waals surface area contributed by atoms with E-state index in [-0.39, 0.29) is 10.9 Å². The van der Waals surface area contributed by atoms with Crippen LogP contribution in [-0.4, -0.2) is 13.4 Å².